The van der Waals surface area contributed by atoms with Crippen molar-refractivity contribution in [2.24, 2.45) is 5.73 Å². The van der Waals surface area contributed by atoms with Gasteiger partial charge >= 0.3 is 7.82 Å². The lowest BCUT2D eigenvalue weighted by Gasteiger charge is -2.02. The van der Waals surface area contributed by atoms with Crippen LogP contribution in [0.1, 0.15) is 19.8 Å². The molecule has 0 aliphatic rings. The van der Waals surface area contributed by atoms with Crippen LogP contribution in [0.4, 0.5) is 0 Å². The number of rotatable bonds is 4. The highest BCUT2D eigenvalue weighted by Gasteiger charge is 2.11. The Morgan fingerprint density at radius 1 is 1.19 bits per heavy atom. The van der Waals surface area contributed by atoms with Crippen molar-refractivity contribution in [3.8, 4) is 0 Å². The summed E-state index contributed by atoms with van der Waals surface area (Å²) >= 11 is 0. The maximum absolute atomic E-state index is 9.98. The predicted octanol–water partition coefficient (Wildman–Crippen LogP) is 2.71. The molecule has 0 saturated carbocycles. The summed E-state index contributed by atoms with van der Waals surface area (Å²) in [6.45, 7) is 2.06. The van der Waals surface area contributed by atoms with Gasteiger partial charge in [0.2, 0.25) is 0 Å². The highest BCUT2D eigenvalue weighted by atomic mass is 31.2. The Balaban J connectivity index is 0.000000344. The van der Waals surface area contributed by atoms with Crippen LogP contribution in [0.3, 0.4) is 0 Å². The quantitative estimate of drug-likeness (QED) is 0.592. The van der Waals surface area contributed by atoms with Gasteiger partial charge in [-0.3, -0.25) is 9.51 Å². The fourth-order valence-electron chi connectivity index (χ4n) is 1.34. The molecule has 0 radical (unpaired) electrons. The average molecular weight is 314 g/mol. The van der Waals surface area contributed by atoms with Crippen LogP contribution in [0.25, 0.3) is 10.9 Å². The van der Waals surface area contributed by atoms with E-state index >= 15 is 0 Å². The number of nitrogens with two attached hydrogens (primary N) is 1. The van der Waals surface area contributed by atoms with Crippen molar-refractivity contribution in [1.29, 1.82) is 0 Å². The summed E-state index contributed by atoms with van der Waals surface area (Å²) in [5.74, 6) is 0. The largest absolute Gasteiger partial charge is 0.469 e. The zero-order valence-electron chi connectivity index (χ0n) is 12.3. The van der Waals surface area contributed by atoms with E-state index in [0.717, 1.165) is 11.9 Å². The average Bonchev–Trinajstić information content (AvgIpc) is 2.49. The van der Waals surface area contributed by atoms with Gasteiger partial charge in [-0.05, 0) is 25.6 Å². The first-order valence-electron chi connectivity index (χ1n) is 6.60. The molecule has 0 bridgehead atoms. The summed E-state index contributed by atoms with van der Waals surface area (Å²) in [5.41, 5.74) is 5.56. The molecule has 1 aromatic heterocycles. The Hall–Kier alpha value is -1.30. The number of hydrogen-bond donors (Lipinski definition) is 3. The number of phosphoric ester groups is 1. The minimum absolute atomic E-state index is 0.140. The molecular formula is C14H23N2O4P. The van der Waals surface area contributed by atoms with Gasteiger partial charge in [0.1, 0.15) is 0 Å². The molecule has 1 heterocycles. The molecular weight excluding hydrogens is 291 g/mol. The molecule has 6 nitrogen and oxygen atoms in total. The number of aromatic nitrogens is 1. The van der Waals surface area contributed by atoms with E-state index in [4.69, 9.17) is 9.79 Å². The maximum atomic E-state index is 9.98. The standard InChI is InChI=1S/C9H7N.C4H11O4P.CH5N/c1-2-6-9-8(4-1)5-3-7-10-9;1-2-3-4-8-9(5,6)7;1-2/h1-7H;2-4H2,1H3,(H2,5,6,7);2H2,1H3. The molecule has 0 spiro atoms. The number of benzene rings is 1. The fraction of sp³-hybridized carbons (Fsp3) is 0.357. The van der Waals surface area contributed by atoms with Crippen molar-refractivity contribution in [2.75, 3.05) is 13.7 Å². The number of para-hydroxylation sites is 1. The van der Waals surface area contributed by atoms with Crippen LogP contribution in [-0.2, 0) is 9.09 Å². The van der Waals surface area contributed by atoms with E-state index in [2.05, 4.69) is 27.4 Å². The molecule has 0 fully saturated rings. The molecule has 2 aromatic rings. The summed E-state index contributed by atoms with van der Waals surface area (Å²) in [6, 6.07) is 12.1. The van der Waals surface area contributed by atoms with Gasteiger partial charge in [-0.25, -0.2) is 4.57 Å². The maximum Gasteiger partial charge on any atom is 0.469 e. The van der Waals surface area contributed by atoms with Gasteiger partial charge in [0, 0.05) is 11.6 Å². The molecule has 0 saturated heterocycles. The molecule has 0 aliphatic carbocycles. The Morgan fingerprint density at radius 3 is 2.38 bits per heavy atom. The summed E-state index contributed by atoms with van der Waals surface area (Å²) in [6.07, 6.45) is 3.37. The normalized spacial score (nSPS) is 10.1. The van der Waals surface area contributed by atoms with Crippen LogP contribution < -0.4 is 5.73 Å². The lowest BCUT2D eigenvalue weighted by molar-refractivity contribution is 0.194. The van der Waals surface area contributed by atoms with Crippen LogP contribution in [0.2, 0.25) is 0 Å². The Morgan fingerprint density at radius 2 is 1.81 bits per heavy atom. The van der Waals surface area contributed by atoms with Crippen molar-refractivity contribution in [1.82, 2.24) is 4.98 Å². The molecule has 2 rings (SSSR count). The minimum Gasteiger partial charge on any atom is -0.333 e. The number of fused-ring (bicyclic) bond motifs is 1. The van der Waals surface area contributed by atoms with Crippen LogP contribution >= 0.6 is 7.82 Å². The number of unbranched alkanes of at least 4 members (excludes halogenated alkanes) is 1. The van der Waals surface area contributed by atoms with E-state index in [0.29, 0.717) is 6.42 Å². The first kappa shape index (κ1) is 19.7. The second-order valence-electron chi connectivity index (χ2n) is 3.87. The van der Waals surface area contributed by atoms with Crippen molar-refractivity contribution in [3.05, 3.63) is 42.6 Å². The molecule has 7 heteroatoms. The first-order chi connectivity index (χ1) is 10.0. The highest BCUT2D eigenvalue weighted by molar-refractivity contribution is 7.46. The van der Waals surface area contributed by atoms with E-state index in [1.54, 1.807) is 0 Å². The van der Waals surface area contributed by atoms with Gasteiger partial charge < -0.3 is 15.5 Å². The van der Waals surface area contributed by atoms with E-state index in [-0.39, 0.29) is 6.61 Å². The molecule has 0 unspecified atom stereocenters. The van der Waals surface area contributed by atoms with Crippen LogP contribution in [0.15, 0.2) is 42.6 Å². The summed E-state index contributed by atoms with van der Waals surface area (Å²) in [5, 5.41) is 1.20. The lowest BCUT2D eigenvalue weighted by Crippen LogP contribution is -1.90. The third kappa shape index (κ3) is 10.1. The van der Waals surface area contributed by atoms with Gasteiger partial charge in [-0.15, -0.1) is 0 Å². The van der Waals surface area contributed by atoms with Gasteiger partial charge in [0.25, 0.3) is 0 Å². The molecule has 4 N–H and O–H groups in total. The second kappa shape index (κ2) is 11.4. The number of hydrogen-bond acceptors (Lipinski definition) is 4. The fourth-order valence-corrected chi connectivity index (χ4v) is 1.71. The molecule has 0 aliphatic heterocycles. The van der Waals surface area contributed by atoms with Crippen LogP contribution in [0, 0.1) is 0 Å². The van der Waals surface area contributed by atoms with Crippen LogP contribution in [0.5, 0.6) is 0 Å². The summed E-state index contributed by atoms with van der Waals surface area (Å²) in [4.78, 5) is 20.4. The third-order valence-electron chi connectivity index (χ3n) is 2.27. The molecule has 118 valence electrons. The van der Waals surface area contributed by atoms with Gasteiger partial charge in [-0.1, -0.05) is 37.6 Å². The Kier molecular flexibility index (Phi) is 10.7. The number of pyridine rings is 1. The lowest BCUT2D eigenvalue weighted by atomic mass is 10.2. The number of nitrogens with zero attached hydrogens (tertiary/aromatic N) is 1. The van der Waals surface area contributed by atoms with E-state index in [9.17, 15) is 4.57 Å². The predicted molar refractivity (Wildman–Crippen MR) is 84.8 cm³/mol. The second-order valence-corrected chi connectivity index (χ2v) is 5.11. The van der Waals surface area contributed by atoms with Gasteiger partial charge in [0.15, 0.2) is 0 Å². The minimum atomic E-state index is -4.20. The molecule has 1 aromatic carbocycles. The smallest absolute Gasteiger partial charge is 0.333 e. The molecule has 0 atom stereocenters. The van der Waals surface area contributed by atoms with E-state index < -0.39 is 7.82 Å². The summed E-state index contributed by atoms with van der Waals surface area (Å²) < 4.78 is 14.1. The third-order valence-corrected chi connectivity index (χ3v) is 2.79. The van der Waals surface area contributed by atoms with Crippen molar-refractivity contribution in [3.63, 3.8) is 0 Å². The van der Waals surface area contributed by atoms with E-state index in [1.165, 1.54) is 12.4 Å². The SMILES string of the molecule is CCCCOP(=O)(O)O.CN.c1ccc2ncccc2c1. The zero-order valence-corrected chi connectivity index (χ0v) is 13.2. The molecule has 21 heavy (non-hydrogen) atoms. The Bertz CT molecular complexity index is 480. The Labute approximate surface area is 125 Å². The van der Waals surface area contributed by atoms with Crippen molar-refractivity contribution < 1.29 is 18.9 Å². The monoisotopic (exact) mass is 314 g/mol. The zero-order chi connectivity index (χ0) is 16.1. The summed E-state index contributed by atoms with van der Waals surface area (Å²) in [7, 11) is -2.70. The van der Waals surface area contributed by atoms with Gasteiger partial charge in [0.05, 0.1) is 12.1 Å². The van der Waals surface area contributed by atoms with E-state index in [1.807, 2.05) is 37.4 Å². The topological polar surface area (TPSA) is 106 Å². The first-order valence-corrected chi connectivity index (χ1v) is 8.13. The van der Waals surface area contributed by atoms with Crippen molar-refractivity contribution in [2.45, 2.75) is 19.8 Å². The van der Waals surface area contributed by atoms with Gasteiger partial charge in [-0.2, -0.15) is 0 Å². The molecule has 0 amide bonds. The number of phosphoric acid groups is 1. The van der Waals surface area contributed by atoms with Crippen LogP contribution in [-0.4, -0.2) is 28.4 Å². The van der Waals surface area contributed by atoms with Crippen molar-refractivity contribution >= 4 is 18.7 Å². The highest BCUT2D eigenvalue weighted by Crippen LogP contribution is 2.35.